The van der Waals surface area contributed by atoms with E-state index >= 15 is 0 Å². The number of rotatable bonds is 2. The summed E-state index contributed by atoms with van der Waals surface area (Å²) in [4.78, 5) is 21.6. The minimum atomic E-state index is -1.57. The van der Waals surface area contributed by atoms with Crippen molar-refractivity contribution in [2.45, 2.75) is 0 Å². The molecular weight excluding hydrogens is 138 g/mol. The molecule has 0 spiro atoms. The lowest BCUT2D eigenvalue weighted by atomic mass is 10.7. The lowest BCUT2D eigenvalue weighted by molar-refractivity contribution is -0.166. The maximum Gasteiger partial charge on any atom is 0.418 e. The summed E-state index contributed by atoms with van der Waals surface area (Å²) in [5.74, 6) is -2.80. The lowest BCUT2D eigenvalue weighted by Crippen LogP contribution is -2.23. The topological polar surface area (TPSA) is 66.8 Å². The molecule has 0 amide bonds. The number of esters is 1. The summed E-state index contributed by atoms with van der Waals surface area (Å²) >= 11 is 0. The van der Waals surface area contributed by atoms with E-state index in [0.29, 0.717) is 0 Å². The zero-order valence-electron chi connectivity index (χ0n) is 5.83. The van der Waals surface area contributed by atoms with Gasteiger partial charge in [-0.1, -0.05) is 0 Å². The third-order valence-corrected chi connectivity index (χ3v) is 0.628. The molecule has 0 radical (unpaired) electrons. The van der Waals surface area contributed by atoms with Gasteiger partial charge in [-0.15, -0.1) is 0 Å². The average molecular weight is 147 g/mol. The van der Waals surface area contributed by atoms with E-state index < -0.39 is 11.9 Å². The van der Waals surface area contributed by atoms with Gasteiger partial charge in [0.2, 0.25) is 0 Å². The van der Waals surface area contributed by atoms with Gasteiger partial charge in [-0.25, -0.2) is 9.59 Å². The van der Waals surface area contributed by atoms with Gasteiger partial charge in [0.1, 0.15) is 6.73 Å². The van der Waals surface area contributed by atoms with Crippen LogP contribution in [0.15, 0.2) is 0 Å². The van der Waals surface area contributed by atoms with Crippen molar-refractivity contribution in [2.75, 3.05) is 20.8 Å². The van der Waals surface area contributed by atoms with Crippen molar-refractivity contribution in [2.24, 2.45) is 0 Å². The van der Waals surface area contributed by atoms with E-state index in [0.717, 1.165) is 0 Å². The summed E-state index contributed by atoms with van der Waals surface area (Å²) in [6.07, 6.45) is 0. The molecule has 5 nitrogen and oxygen atoms in total. The number of carbonyl (C=O) groups excluding carboxylic acids is 1. The van der Waals surface area contributed by atoms with E-state index in [1.54, 1.807) is 19.0 Å². The Morgan fingerprint density at radius 1 is 1.50 bits per heavy atom. The molecule has 0 saturated carbocycles. The van der Waals surface area contributed by atoms with Crippen LogP contribution < -0.4 is 0 Å². The zero-order valence-corrected chi connectivity index (χ0v) is 5.83. The van der Waals surface area contributed by atoms with Crippen molar-refractivity contribution < 1.29 is 19.4 Å². The number of carboxylic acids is 1. The SMILES string of the molecule is CN(C)COC(=O)C(=O)O. The molecule has 5 heteroatoms. The van der Waals surface area contributed by atoms with Crippen LogP contribution in [0.25, 0.3) is 0 Å². The Balaban J connectivity index is 3.50. The fraction of sp³-hybridized carbons (Fsp3) is 0.600. The van der Waals surface area contributed by atoms with Gasteiger partial charge in [-0.2, -0.15) is 0 Å². The monoisotopic (exact) mass is 147 g/mol. The molecule has 58 valence electrons. The van der Waals surface area contributed by atoms with Crippen molar-refractivity contribution >= 4 is 11.9 Å². The molecule has 0 unspecified atom stereocenters. The highest BCUT2D eigenvalue weighted by atomic mass is 16.6. The van der Waals surface area contributed by atoms with Crippen LogP contribution in [0.2, 0.25) is 0 Å². The fourth-order valence-corrected chi connectivity index (χ4v) is 0.249. The number of hydrogen-bond acceptors (Lipinski definition) is 4. The normalized spacial score (nSPS) is 9.50. The first-order valence-corrected chi connectivity index (χ1v) is 2.59. The van der Waals surface area contributed by atoms with Crippen LogP contribution in [0.5, 0.6) is 0 Å². The van der Waals surface area contributed by atoms with Crippen molar-refractivity contribution in [1.29, 1.82) is 0 Å². The first-order chi connectivity index (χ1) is 4.54. The van der Waals surface area contributed by atoms with Crippen LogP contribution >= 0.6 is 0 Å². The Kier molecular flexibility index (Phi) is 3.42. The molecular formula is C5H9NO4. The summed E-state index contributed by atoms with van der Waals surface area (Å²) in [5, 5.41) is 8.00. The Morgan fingerprint density at radius 3 is 2.30 bits per heavy atom. The third kappa shape index (κ3) is 3.85. The Hall–Kier alpha value is -1.10. The molecule has 0 heterocycles. The van der Waals surface area contributed by atoms with Gasteiger partial charge < -0.3 is 9.84 Å². The van der Waals surface area contributed by atoms with E-state index in [1.807, 2.05) is 0 Å². The number of aliphatic carboxylic acids is 1. The number of hydrogen-bond donors (Lipinski definition) is 1. The zero-order chi connectivity index (χ0) is 8.15. The summed E-state index contributed by atoms with van der Waals surface area (Å²) in [7, 11) is 3.32. The summed E-state index contributed by atoms with van der Waals surface area (Å²) in [5.41, 5.74) is 0. The largest absolute Gasteiger partial charge is 0.473 e. The van der Waals surface area contributed by atoms with E-state index in [9.17, 15) is 9.59 Å². The Labute approximate surface area is 58.2 Å². The first-order valence-electron chi connectivity index (χ1n) is 2.59. The average Bonchev–Trinajstić information content (AvgIpc) is 1.82. The lowest BCUT2D eigenvalue weighted by Gasteiger charge is -2.07. The van der Waals surface area contributed by atoms with Gasteiger partial charge in [0.05, 0.1) is 0 Å². The Bertz CT molecular complexity index is 143. The highest BCUT2D eigenvalue weighted by molar-refractivity contribution is 6.28. The van der Waals surface area contributed by atoms with E-state index in [4.69, 9.17) is 5.11 Å². The minimum Gasteiger partial charge on any atom is -0.473 e. The number of carboxylic acid groups (broad SMARTS) is 1. The van der Waals surface area contributed by atoms with Crippen LogP contribution in [0.4, 0.5) is 0 Å². The molecule has 0 aromatic heterocycles. The minimum absolute atomic E-state index is 0.00880. The number of carbonyl (C=O) groups is 2. The summed E-state index contributed by atoms with van der Waals surface area (Å²) < 4.78 is 4.25. The number of nitrogens with zero attached hydrogens (tertiary/aromatic N) is 1. The maximum atomic E-state index is 10.2. The molecule has 10 heavy (non-hydrogen) atoms. The molecule has 0 aromatic carbocycles. The highest BCUT2D eigenvalue weighted by Gasteiger charge is 2.11. The van der Waals surface area contributed by atoms with E-state index in [2.05, 4.69) is 4.74 Å². The van der Waals surface area contributed by atoms with Crippen LogP contribution in [0.3, 0.4) is 0 Å². The van der Waals surface area contributed by atoms with Gasteiger partial charge in [-0.3, -0.25) is 4.90 Å². The predicted octanol–water partition coefficient (Wildman–Crippen LogP) is -0.867. The molecule has 0 aliphatic heterocycles. The molecule has 0 aliphatic rings. The van der Waals surface area contributed by atoms with Crippen LogP contribution in [-0.4, -0.2) is 42.8 Å². The second-order valence-electron chi connectivity index (χ2n) is 1.95. The van der Waals surface area contributed by atoms with E-state index in [1.165, 1.54) is 0 Å². The molecule has 0 fully saturated rings. The molecule has 0 saturated heterocycles. The van der Waals surface area contributed by atoms with Crippen molar-refractivity contribution in [3.05, 3.63) is 0 Å². The van der Waals surface area contributed by atoms with Gasteiger partial charge in [-0.05, 0) is 14.1 Å². The molecule has 0 atom stereocenters. The van der Waals surface area contributed by atoms with Crippen LogP contribution in [0, 0.1) is 0 Å². The van der Waals surface area contributed by atoms with Gasteiger partial charge in [0, 0.05) is 0 Å². The quantitative estimate of drug-likeness (QED) is 0.312. The van der Waals surface area contributed by atoms with Crippen molar-refractivity contribution in [3.8, 4) is 0 Å². The standard InChI is InChI=1S/C5H9NO4/c1-6(2)3-10-5(9)4(7)8/h3H2,1-2H3,(H,7,8). The Morgan fingerprint density at radius 2 is 2.00 bits per heavy atom. The van der Waals surface area contributed by atoms with E-state index in [-0.39, 0.29) is 6.73 Å². The van der Waals surface area contributed by atoms with Crippen molar-refractivity contribution in [1.82, 2.24) is 4.90 Å². The molecule has 1 N–H and O–H groups in total. The molecule has 0 aromatic rings. The smallest absolute Gasteiger partial charge is 0.418 e. The predicted molar refractivity (Wildman–Crippen MR) is 32.3 cm³/mol. The second-order valence-corrected chi connectivity index (χ2v) is 1.95. The van der Waals surface area contributed by atoms with Gasteiger partial charge in [0.25, 0.3) is 0 Å². The number of ether oxygens (including phenoxy) is 1. The molecule has 0 bridgehead atoms. The molecule has 0 aliphatic carbocycles. The van der Waals surface area contributed by atoms with Gasteiger partial charge >= 0.3 is 11.9 Å². The third-order valence-electron chi connectivity index (χ3n) is 0.628. The summed E-state index contributed by atoms with van der Waals surface area (Å²) in [6.45, 7) is -0.00880. The van der Waals surface area contributed by atoms with Crippen LogP contribution in [-0.2, 0) is 14.3 Å². The highest BCUT2D eigenvalue weighted by Crippen LogP contribution is 1.80. The van der Waals surface area contributed by atoms with Crippen LogP contribution in [0.1, 0.15) is 0 Å². The maximum absolute atomic E-state index is 10.2. The first kappa shape index (κ1) is 8.90. The molecule has 0 rings (SSSR count). The fourth-order valence-electron chi connectivity index (χ4n) is 0.249. The van der Waals surface area contributed by atoms with Gasteiger partial charge in [0.15, 0.2) is 0 Å². The van der Waals surface area contributed by atoms with Crippen molar-refractivity contribution in [3.63, 3.8) is 0 Å². The summed E-state index contributed by atoms with van der Waals surface area (Å²) in [6, 6.07) is 0. The second kappa shape index (κ2) is 3.84.